The predicted molar refractivity (Wildman–Crippen MR) is 92.1 cm³/mol. The molecule has 1 N–H and O–H groups in total. The zero-order valence-electron chi connectivity index (χ0n) is 11.9. The molecule has 0 aliphatic carbocycles. The number of benzene rings is 2. The van der Waals surface area contributed by atoms with Crippen LogP contribution in [0.4, 0.5) is 4.79 Å². The molecular weight excluding hydrogens is 278 g/mol. The smallest absolute Gasteiger partial charge is 0.283 e. The molecule has 2 rings (SSSR count). The number of carbonyl (C=O) groups excluding carboxylic acids is 1. The summed E-state index contributed by atoms with van der Waals surface area (Å²) >= 11 is 1.13. The van der Waals surface area contributed by atoms with E-state index in [1.165, 1.54) is 11.1 Å². The second-order valence-electron chi connectivity index (χ2n) is 4.38. The number of carbonyl (C=O) groups is 1. The van der Waals surface area contributed by atoms with Crippen LogP contribution in [0.2, 0.25) is 0 Å². The third-order valence-corrected chi connectivity index (χ3v) is 3.85. The maximum atomic E-state index is 11.4. The van der Waals surface area contributed by atoms with E-state index < -0.39 is 0 Å². The predicted octanol–water partition coefficient (Wildman–Crippen LogP) is 4.95. The molecule has 0 saturated heterocycles. The number of rotatable bonds is 4. The Morgan fingerprint density at radius 1 is 1.05 bits per heavy atom. The van der Waals surface area contributed by atoms with Gasteiger partial charge in [-0.05, 0) is 34.5 Å². The van der Waals surface area contributed by atoms with Gasteiger partial charge in [-0.3, -0.25) is 4.79 Å². The van der Waals surface area contributed by atoms with Crippen LogP contribution in [-0.4, -0.2) is 12.3 Å². The summed E-state index contributed by atoms with van der Waals surface area (Å²) in [5.74, 6) is 0. The molecule has 106 valence electrons. The van der Waals surface area contributed by atoms with Gasteiger partial charge in [0.15, 0.2) is 0 Å². The van der Waals surface area contributed by atoms with Crippen LogP contribution < -0.4 is 5.32 Å². The molecule has 0 aromatic heterocycles. The van der Waals surface area contributed by atoms with Gasteiger partial charge < -0.3 is 5.32 Å². The molecule has 0 aliphatic heterocycles. The summed E-state index contributed by atoms with van der Waals surface area (Å²) in [5, 5.41) is 2.49. The average molecular weight is 295 g/mol. The highest BCUT2D eigenvalue weighted by Gasteiger charge is 2.02. The van der Waals surface area contributed by atoms with Crippen molar-refractivity contribution in [1.82, 2.24) is 5.32 Å². The first kappa shape index (κ1) is 15.1. The Balaban J connectivity index is 2.18. The van der Waals surface area contributed by atoms with Crippen molar-refractivity contribution in [3.63, 3.8) is 0 Å². The molecule has 2 aromatic carbocycles. The van der Waals surface area contributed by atoms with E-state index >= 15 is 0 Å². The number of hydrogen-bond acceptors (Lipinski definition) is 2. The Morgan fingerprint density at radius 2 is 1.67 bits per heavy atom. The Hall–Kier alpha value is -2.26. The SMILES string of the molecule is C=C/C(=C/c1ccc(-c2ccccc2)cc1)SC(=O)NC. The van der Waals surface area contributed by atoms with Crippen LogP contribution >= 0.6 is 11.8 Å². The summed E-state index contributed by atoms with van der Waals surface area (Å²) in [6, 6.07) is 18.5. The van der Waals surface area contributed by atoms with Crippen molar-refractivity contribution in [2.75, 3.05) is 7.05 Å². The molecule has 0 saturated carbocycles. The maximum Gasteiger partial charge on any atom is 0.283 e. The lowest BCUT2D eigenvalue weighted by atomic mass is 10.0. The molecule has 0 bridgehead atoms. The van der Waals surface area contributed by atoms with E-state index in [4.69, 9.17) is 0 Å². The van der Waals surface area contributed by atoms with Gasteiger partial charge in [-0.1, -0.05) is 67.3 Å². The molecular formula is C18H17NOS. The summed E-state index contributed by atoms with van der Waals surface area (Å²) in [6.07, 6.45) is 3.63. The normalized spacial score (nSPS) is 11.0. The Kier molecular flexibility index (Phi) is 5.41. The molecule has 0 fully saturated rings. The van der Waals surface area contributed by atoms with E-state index in [1.54, 1.807) is 13.1 Å². The molecule has 2 aromatic rings. The Bertz CT molecular complexity index is 645. The third-order valence-electron chi connectivity index (χ3n) is 2.94. The lowest BCUT2D eigenvalue weighted by Crippen LogP contribution is -2.10. The molecule has 0 unspecified atom stereocenters. The average Bonchev–Trinajstić information content (AvgIpc) is 2.55. The minimum Gasteiger partial charge on any atom is -0.350 e. The summed E-state index contributed by atoms with van der Waals surface area (Å²) in [5.41, 5.74) is 3.41. The first-order valence-electron chi connectivity index (χ1n) is 6.62. The summed E-state index contributed by atoms with van der Waals surface area (Å²) in [6.45, 7) is 3.74. The van der Waals surface area contributed by atoms with Crippen molar-refractivity contribution in [3.8, 4) is 11.1 Å². The number of thioether (sulfide) groups is 1. The summed E-state index contributed by atoms with van der Waals surface area (Å²) < 4.78 is 0. The van der Waals surface area contributed by atoms with E-state index in [9.17, 15) is 4.79 Å². The van der Waals surface area contributed by atoms with Gasteiger partial charge in [-0.2, -0.15) is 0 Å². The van der Waals surface area contributed by atoms with Crippen LogP contribution in [0.1, 0.15) is 5.56 Å². The van der Waals surface area contributed by atoms with Gasteiger partial charge in [-0.15, -0.1) is 0 Å². The van der Waals surface area contributed by atoms with Gasteiger partial charge in [0.1, 0.15) is 0 Å². The zero-order valence-corrected chi connectivity index (χ0v) is 12.7. The van der Waals surface area contributed by atoms with Crippen LogP contribution in [0.5, 0.6) is 0 Å². The fourth-order valence-corrected chi connectivity index (χ4v) is 2.45. The van der Waals surface area contributed by atoms with E-state index in [0.29, 0.717) is 0 Å². The number of nitrogens with one attached hydrogen (secondary N) is 1. The highest BCUT2D eigenvalue weighted by atomic mass is 32.2. The van der Waals surface area contributed by atoms with Gasteiger partial charge >= 0.3 is 0 Å². The van der Waals surface area contributed by atoms with Crippen molar-refractivity contribution in [1.29, 1.82) is 0 Å². The largest absolute Gasteiger partial charge is 0.350 e. The fraction of sp³-hybridized carbons (Fsp3) is 0.0556. The van der Waals surface area contributed by atoms with Crippen LogP contribution in [0.25, 0.3) is 17.2 Å². The molecule has 0 atom stereocenters. The summed E-state index contributed by atoms with van der Waals surface area (Å²) in [4.78, 5) is 12.2. The standard InChI is InChI=1S/C18H17NOS/c1-3-17(21-18(20)19-2)13-14-9-11-16(12-10-14)15-7-5-4-6-8-15/h3-13H,1H2,2H3,(H,19,20)/b17-13-. The lowest BCUT2D eigenvalue weighted by molar-refractivity contribution is 0.262. The van der Waals surface area contributed by atoms with Gasteiger partial charge in [0, 0.05) is 12.0 Å². The van der Waals surface area contributed by atoms with Gasteiger partial charge in [0.25, 0.3) is 5.24 Å². The van der Waals surface area contributed by atoms with Gasteiger partial charge in [-0.25, -0.2) is 0 Å². The monoisotopic (exact) mass is 295 g/mol. The lowest BCUT2D eigenvalue weighted by Gasteiger charge is -2.03. The fourth-order valence-electron chi connectivity index (χ4n) is 1.85. The maximum absolute atomic E-state index is 11.4. The van der Waals surface area contributed by atoms with Crippen LogP contribution in [0.15, 0.2) is 72.2 Å². The third kappa shape index (κ3) is 4.36. The van der Waals surface area contributed by atoms with Gasteiger partial charge in [0.05, 0.1) is 0 Å². The first-order chi connectivity index (χ1) is 10.2. The minimum absolute atomic E-state index is 0.0953. The zero-order chi connectivity index (χ0) is 15.1. The Morgan fingerprint density at radius 3 is 2.24 bits per heavy atom. The van der Waals surface area contributed by atoms with Gasteiger partial charge in [0.2, 0.25) is 0 Å². The van der Waals surface area contributed by atoms with E-state index in [1.807, 2.05) is 36.4 Å². The second kappa shape index (κ2) is 7.50. The molecule has 1 amide bonds. The van der Waals surface area contributed by atoms with Crippen molar-refractivity contribution >= 4 is 23.1 Å². The van der Waals surface area contributed by atoms with E-state index in [0.717, 1.165) is 22.2 Å². The number of amides is 1. The quantitative estimate of drug-likeness (QED) is 0.808. The second-order valence-corrected chi connectivity index (χ2v) is 5.42. The van der Waals surface area contributed by atoms with E-state index in [2.05, 4.69) is 36.2 Å². The van der Waals surface area contributed by atoms with Crippen molar-refractivity contribution in [2.45, 2.75) is 0 Å². The molecule has 2 nitrogen and oxygen atoms in total. The molecule has 0 spiro atoms. The molecule has 0 radical (unpaired) electrons. The Labute approximate surface area is 129 Å². The molecule has 0 aliphatic rings. The highest BCUT2D eigenvalue weighted by Crippen LogP contribution is 2.23. The van der Waals surface area contributed by atoms with Crippen LogP contribution in [0, 0.1) is 0 Å². The topological polar surface area (TPSA) is 29.1 Å². The number of hydrogen-bond donors (Lipinski definition) is 1. The first-order valence-corrected chi connectivity index (χ1v) is 7.44. The molecule has 21 heavy (non-hydrogen) atoms. The van der Waals surface area contributed by atoms with Crippen molar-refractivity contribution < 1.29 is 4.79 Å². The van der Waals surface area contributed by atoms with Crippen LogP contribution in [0.3, 0.4) is 0 Å². The number of allylic oxidation sites excluding steroid dienone is 1. The minimum atomic E-state index is -0.0953. The van der Waals surface area contributed by atoms with Crippen molar-refractivity contribution in [3.05, 3.63) is 77.7 Å². The highest BCUT2D eigenvalue weighted by molar-refractivity contribution is 8.17. The molecule has 0 heterocycles. The van der Waals surface area contributed by atoms with Crippen molar-refractivity contribution in [2.24, 2.45) is 0 Å². The van der Waals surface area contributed by atoms with E-state index in [-0.39, 0.29) is 5.24 Å². The molecule has 3 heteroatoms. The van der Waals surface area contributed by atoms with Crippen LogP contribution in [-0.2, 0) is 0 Å². The summed E-state index contributed by atoms with van der Waals surface area (Å²) in [7, 11) is 1.62.